The molecule has 0 saturated carbocycles. The zero-order valence-corrected chi connectivity index (χ0v) is 21.5. The summed E-state index contributed by atoms with van der Waals surface area (Å²) < 4.78 is 19.3. The maximum Gasteiger partial charge on any atom is 0.219 e. The van der Waals surface area contributed by atoms with Crippen molar-refractivity contribution in [3.05, 3.63) is 59.4 Å². The molecule has 0 aromatic heterocycles. The van der Waals surface area contributed by atoms with Gasteiger partial charge in [-0.1, -0.05) is 6.07 Å². The predicted octanol–water partition coefficient (Wildman–Crippen LogP) is 2.75. The van der Waals surface area contributed by atoms with E-state index < -0.39 is 11.2 Å². The van der Waals surface area contributed by atoms with Crippen LogP contribution in [0.15, 0.2) is 42.5 Å². The fourth-order valence-electron chi connectivity index (χ4n) is 5.38. The number of β-amino-alcohol motifs (C(OH)–C–C–N with tert-alkyl or cyclic N) is 2. The zero-order chi connectivity index (χ0) is 25.9. The molecule has 0 unspecified atom stereocenters. The lowest BCUT2D eigenvalue weighted by atomic mass is 9.90. The molecule has 2 saturated heterocycles. The number of ether oxygens (including phenoxy) is 1. The third kappa shape index (κ3) is 6.75. The SMILES string of the molecule is CC(=O)N1CCN(CC2(O)CCN(c3ccc(F)cc3)CC2)C[C@@](O)(COc2cc(C)cc(C)c2)C1. The van der Waals surface area contributed by atoms with E-state index in [0.717, 1.165) is 16.8 Å². The molecule has 0 radical (unpaired) electrons. The summed E-state index contributed by atoms with van der Waals surface area (Å²) >= 11 is 0. The minimum absolute atomic E-state index is 0.0486. The average Bonchev–Trinajstić information content (AvgIpc) is 2.97. The molecule has 2 aliphatic heterocycles. The molecule has 196 valence electrons. The van der Waals surface area contributed by atoms with Crippen LogP contribution >= 0.6 is 0 Å². The van der Waals surface area contributed by atoms with Crippen molar-refractivity contribution >= 4 is 11.6 Å². The summed E-state index contributed by atoms with van der Waals surface area (Å²) in [6.07, 6.45) is 1.13. The van der Waals surface area contributed by atoms with Crippen LogP contribution in [0, 0.1) is 19.7 Å². The number of hydrogen-bond donors (Lipinski definition) is 2. The molecule has 0 spiro atoms. The highest BCUT2D eigenvalue weighted by atomic mass is 19.1. The van der Waals surface area contributed by atoms with Crippen LogP contribution < -0.4 is 9.64 Å². The normalized spacial score (nSPS) is 22.8. The molecule has 2 aromatic rings. The first-order valence-corrected chi connectivity index (χ1v) is 12.7. The quantitative estimate of drug-likeness (QED) is 0.637. The summed E-state index contributed by atoms with van der Waals surface area (Å²) in [7, 11) is 0. The zero-order valence-electron chi connectivity index (χ0n) is 21.5. The van der Waals surface area contributed by atoms with Gasteiger partial charge in [-0.05, 0) is 74.2 Å². The van der Waals surface area contributed by atoms with Gasteiger partial charge in [0, 0.05) is 51.9 Å². The lowest BCUT2D eigenvalue weighted by molar-refractivity contribution is -0.132. The average molecular weight is 500 g/mol. The van der Waals surface area contributed by atoms with E-state index in [0.29, 0.717) is 57.9 Å². The van der Waals surface area contributed by atoms with Gasteiger partial charge in [0.1, 0.15) is 23.8 Å². The standard InChI is InChI=1S/C28H38FN3O4/c1-21-14-22(2)16-26(15-21)36-20-28(35)18-30(12-13-32(19-28)23(3)33)17-27(34)8-10-31(11-9-27)25-6-4-24(29)5-7-25/h4-7,14-16,34-35H,8-13,17-20H2,1-3H3/t28-/m0/s1. The van der Waals surface area contributed by atoms with Crippen LogP contribution in [0.2, 0.25) is 0 Å². The number of aryl methyl sites for hydroxylation is 2. The van der Waals surface area contributed by atoms with Gasteiger partial charge < -0.3 is 24.7 Å². The number of hydrogen-bond acceptors (Lipinski definition) is 6. The number of piperidine rings is 1. The van der Waals surface area contributed by atoms with Crippen LogP contribution in [0.4, 0.5) is 10.1 Å². The Labute approximate surface area is 213 Å². The summed E-state index contributed by atoms with van der Waals surface area (Å²) in [6.45, 7) is 8.82. The Morgan fingerprint density at radius 1 is 0.944 bits per heavy atom. The second kappa shape index (κ2) is 10.7. The minimum Gasteiger partial charge on any atom is -0.490 e. The molecule has 2 aromatic carbocycles. The first kappa shape index (κ1) is 26.4. The first-order chi connectivity index (χ1) is 17.0. The molecule has 2 heterocycles. The Morgan fingerprint density at radius 3 is 2.19 bits per heavy atom. The summed E-state index contributed by atoms with van der Waals surface area (Å²) in [5, 5.41) is 23.0. The van der Waals surface area contributed by atoms with Gasteiger partial charge in [-0.3, -0.25) is 9.69 Å². The Morgan fingerprint density at radius 2 is 1.58 bits per heavy atom. The molecule has 2 N–H and O–H groups in total. The Bertz CT molecular complexity index is 1040. The van der Waals surface area contributed by atoms with E-state index in [1.54, 1.807) is 17.0 Å². The van der Waals surface area contributed by atoms with E-state index in [2.05, 4.69) is 15.9 Å². The third-order valence-electron chi connectivity index (χ3n) is 7.24. The fraction of sp³-hybridized carbons (Fsp3) is 0.536. The van der Waals surface area contributed by atoms with E-state index in [1.807, 2.05) is 26.0 Å². The van der Waals surface area contributed by atoms with Crippen molar-refractivity contribution in [1.82, 2.24) is 9.80 Å². The highest BCUT2D eigenvalue weighted by Crippen LogP contribution is 2.29. The highest BCUT2D eigenvalue weighted by molar-refractivity contribution is 5.73. The van der Waals surface area contributed by atoms with Crippen molar-refractivity contribution in [3.8, 4) is 5.75 Å². The van der Waals surface area contributed by atoms with E-state index in [4.69, 9.17) is 4.74 Å². The number of rotatable bonds is 6. The van der Waals surface area contributed by atoms with Crippen molar-refractivity contribution in [2.24, 2.45) is 0 Å². The molecule has 2 fully saturated rings. The molecule has 0 aliphatic carbocycles. The smallest absolute Gasteiger partial charge is 0.219 e. The van der Waals surface area contributed by atoms with Gasteiger partial charge in [0.05, 0.1) is 12.1 Å². The van der Waals surface area contributed by atoms with Crippen LogP contribution in [0.3, 0.4) is 0 Å². The van der Waals surface area contributed by atoms with E-state index in [9.17, 15) is 19.4 Å². The molecule has 4 rings (SSSR count). The van der Waals surface area contributed by atoms with Crippen molar-refractivity contribution in [2.75, 3.05) is 57.3 Å². The lowest BCUT2D eigenvalue weighted by Crippen LogP contribution is -2.55. The van der Waals surface area contributed by atoms with E-state index in [-0.39, 0.29) is 24.9 Å². The number of anilines is 1. The molecule has 1 amide bonds. The number of benzene rings is 2. The van der Waals surface area contributed by atoms with Crippen molar-refractivity contribution in [1.29, 1.82) is 0 Å². The fourth-order valence-corrected chi connectivity index (χ4v) is 5.38. The summed E-state index contributed by atoms with van der Waals surface area (Å²) in [5.74, 6) is 0.341. The topological polar surface area (TPSA) is 76.5 Å². The number of halogens is 1. The Hall–Kier alpha value is -2.68. The van der Waals surface area contributed by atoms with Crippen LogP contribution in [0.1, 0.15) is 30.9 Å². The second-order valence-electron chi connectivity index (χ2n) is 10.7. The van der Waals surface area contributed by atoms with E-state index in [1.165, 1.54) is 19.1 Å². The lowest BCUT2D eigenvalue weighted by Gasteiger charge is -2.42. The molecule has 0 bridgehead atoms. The van der Waals surface area contributed by atoms with Crippen LogP contribution in [0.25, 0.3) is 0 Å². The van der Waals surface area contributed by atoms with Gasteiger partial charge in [0.15, 0.2) is 0 Å². The van der Waals surface area contributed by atoms with Gasteiger partial charge in [-0.2, -0.15) is 0 Å². The number of aliphatic hydroxyl groups is 2. The summed E-state index contributed by atoms with van der Waals surface area (Å²) in [4.78, 5) is 18.1. The predicted molar refractivity (Wildman–Crippen MR) is 138 cm³/mol. The van der Waals surface area contributed by atoms with Crippen LogP contribution in [-0.2, 0) is 4.79 Å². The minimum atomic E-state index is -1.27. The summed E-state index contributed by atoms with van der Waals surface area (Å²) in [5.41, 5.74) is 0.934. The van der Waals surface area contributed by atoms with Gasteiger partial charge >= 0.3 is 0 Å². The third-order valence-corrected chi connectivity index (χ3v) is 7.24. The van der Waals surface area contributed by atoms with Crippen LogP contribution in [0.5, 0.6) is 5.75 Å². The van der Waals surface area contributed by atoms with Crippen molar-refractivity contribution in [2.45, 2.75) is 44.8 Å². The number of nitrogens with zero attached hydrogens (tertiary/aromatic N) is 3. The maximum absolute atomic E-state index is 13.3. The number of carbonyl (C=O) groups excluding carboxylic acids is 1. The van der Waals surface area contributed by atoms with Crippen molar-refractivity contribution in [3.63, 3.8) is 0 Å². The van der Waals surface area contributed by atoms with Gasteiger partial charge in [0.25, 0.3) is 0 Å². The number of amides is 1. The van der Waals surface area contributed by atoms with Gasteiger partial charge in [0.2, 0.25) is 5.91 Å². The number of carbonyl (C=O) groups is 1. The molecule has 8 heteroatoms. The first-order valence-electron chi connectivity index (χ1n) is 12.7. The second-order valence-corrected chi connectivity index (χ2v) is 10.7. The summed E-state index contributed by atoms with van der Waals surface area (Å²) in [6, 6.07) is 12.4. The molecule has 7 nitrogen and oxygen atoms in total. The van der Waals surface area contributed by atoms with Crippen LogP contribution in [-0.4, -0.2) is 89.5 Å². The van der Waals surface area contributed by atoms with Crippen molar-refractivity contribution < 1.29 is 24.1 Å². The molecule has 36 heavy (non-hydrogen) atoms. The largest absolute Gasteiger partial charge is 0.490 e. The van der Waals surface area contributed by atoms with Gasteiger partial charge in [-0.25, -0.2) is 4.39 Å². The molecular weight excluding hydrogens is 461 g/mol. The molecule has 1 atom stereocenters. The van der Waals surface area contributed by atoms with E-state index >= 15 is 0 Å². The highest BCUT2D eigenvalue weighted by Gasteiger charge is 2.41. The molecule has 2 aliphatic rings. The molecular formula is C28H38FN3O4. The Balaban J connectivity index is 1.41. The maximum atomic E-state index is 13.3. The Kier molecular flexibility index (Phi) is 7.87. The monoisotopic (exact) mass is 499 g/mol. The van der Waals surface area contributed by atoms with Gasteiger partial charge in [-0.15, -0.1) is 0 Å².